The van der Waals surface area contributed by atoms with Crippen LogP contribution >= 0.6 is 0 Å². The molecule has 1 heterocycles. The summed E-state index contributed by atoms with van der Waals surface area (Å²) < 4.78 is 13.4. The van der Waals surface area contributed by atoms with Gasteiger partial charge in [0.1, 0.15) is 5.82 Å². The minimum atomic E-state index is -0.864. The lowest BCUT2D eigenvalue weighted by atomic mass is 9.82. The van der Waals surface area contributed by atoms with Gasteiger partial charge < -0.3 is 10.0 Å². The Hall–Kier alpha value is -0.930. The quantitative estimate of drug-likeness (QED) is 0.873. The fourth-order valence-corrected chi connectivity index (χ4v) is 2.78. The number of benzene rings is 1. The smallest absolute Gasteiger partial charge is 0.123 e. The Morgan fingerprint density at radius 1 is 1.28 bits per heavy atom. The van der Waals surface area contributed by atoms with E-state index in [4.69, 9.17) is 0 Å². The molecule has 0 saturated carbocycles. The van der Waals surface area contributed by atoms with Gasteiger partial charge in [-0.05, 0) is 56.9 Å². The molecule has 18 heavy (non-hydrogen) atoms. The summed E-state index contributed by atoms with van der Waals surface area (Å²) in [5, 5.41) is 10.8. The Balaban J connectivity index is 2.20. The zero-order valence-corrected chi connectivity index (χ0v) is 11.4. The minimum Gasteiger partial charge on any atom is -0.385 e. The van der Waals surface area contributed by atoms with E-state index in [2.05, 4.69) is 18.7 Å². The maximum absolute atomic E-state index is 13.4. The first-order valence-corrected chi connectivity index (χ1v) is 6.65. The second-order valence-corrected chi connectivity index (χ2v) is 5.62. The molecule has 1 aliphatic rings. The molecule has 1 fully saturated rings. The first-order valence-electron chi connectivity index (χ1n) is 6.65. The van der Waals surface area contributed by atoms with E-state index >= 15 is 0 Å². The fraction of sp³-hybridized carbons (Fsp3) is 0.600. The fourth-order valence-electron chi connectivity index (χ4n) is 2.78. The van der Waals surface area contributed by atoms with Crippen molar-refractivity contribution in [2.45, 2.75) is 45.3 Å². The van der Waals surface area contributed by atoms with E-state index in [1.165, 1.54) is 12.1 Å². The van der Waals surface area contributed by atoms with E-state index in [0.29, 0.717) is 18.9 Å². The first kappa shape index (κ1) is 13.5. The van der Waals surface area contributed by atoms with Crippen LogP contribution in [0.1, 0.15) is 37.8 Å². The molecule has 0 spiro atoms. The van der Waals surface area contributed by atoms with Crippen molar-refractivity contribution in [3.05, 3.63) is 35.1 Å². The van der Waals surface area contributed by atoms with Gasteiger partial charge in [0.2, 0.25) is 0 Å². The van der Waals surface area contributed by atoms with E-state index < -0.39 is 5.60 Å². The molecule has 100 valence electrons. The Kier molecular flexibility index (Phi) is 3.74. The summed E-state index contributed by atoms with van der Waals surface area (Å²) in [6.45, 7) is 7.99. The SMILES string of the molecule is Cc1ccc(F)cc1C1(O)CCN(C(C)C)CC1. The lowest BCUT2D eigenvalue weighted by molar-refractivity contribution is -0.0330. The van der Waals surface area contributed by atoms with Crippen molar-refractivity contribution in [2.75, 3.05) is 13.1 Å². The number of halogens is 1. The lowest BCUT2D eigenvalue weighted by Crippen LogP contribution is -2.45. The third kappa shape index (κ3) is 2.57. The molecule has 3 heteroatoms. The Bertz CT molecular complexity index is 423. The number of piperidine rings is 1. The van der Waals surface area contributed by atoms with Gasteiger partial charge in [-0.1, -0.05) is 6.07 Å². The maximum atomic E-state index is 13.4. The highest BCUT2D eigenvalue weighted by molar-refractivity contribution is 5.32. The van der Waals surface area contributed by atoms with Gasteiger partial charge in [0.25, 0.3) is 0 Å². The first-order chi connectivity index (χ1) is 8.42. The van der Waals surface area contributed by atoms with Crippen LogP contribution < -0.4 is 0 Å². The molecule has 2 rings (SSSR count). The molecule has 0 aliphatic carbocycles. The highest BCUT2D eigenvalue weighted by atomic mass is 19.1. The molecule has 0 amide bonds. The van der Waals surface area contributed by atoms with Gasteiger partial charge in [-0.15, -0.1) is 0 Å². The molecule has 0 bridgehead atoms. The molecular formula is C15H22FNO. The normalized spacial score (nSPS) is 20.3. The van der Waals surface area contributed by atoms with Gasteiger partial charge in [-0.2, -0.15) is 0 Å². The maximum Gasteiger partial charge on any atom is 0.123 e. The molecule has 0 aromatic heterocycles. The average molecular weight is 251 g/mol. The summed E-state index contributed by atoms with van der Waals surface area (Å²) in [4.78, 5) is 2.35. The summed E-state index contributed by atoms with van der Waals surface area (Å²) in [5.74, 6) is -0.268. The van der Waals surface area contributed by atoms with Crippen molar-refractivity contribution in [1.29, 1.82) is 0 Å². The molecule has 1 saturated heterocycles. The predicted octanol–water partition coefficient (Wildman–Crippen LogP) is 2.83. The van der Waals surface area contributed by atoms with Crippen molar-refractivity contribution in [3.8, 4) is 0 Å². The third-order valence-electron chi connectivity index (χ3n) is 4.06. The van der Waals surface area contributed by atoms with Crippen LogP contribution in [-0.4, -0.2) is 29.1 Å². The highest BCUT2D eigenvalue weighted by Crippen LogP contribution is 2.35. The molecular weight excluding hydrogens is 229 g/mol. The van der Waals surface area contributed by atoms with Gasteiger partial charge in [0, 0.05) is 19.1 Å². The number of aliphatic hydroxyl groups is 1. The van der Waals surface area contributed by atoms with Crippen LogP contribution in [0.2, 0.25) is 0 Å². The largest absolute Gasteiger partial charge is 0.385 e. The summed E-state index contributed by atoms with van der Waals surface area (Å²) in [5.41, 5.74) is 0.861. The van der Waals surface area contributed by atoms with Crippen molar-refractivity contribution in [1.82, 2.24) is 4.90 Å². The number of aryl methyl sites for hydroxylation is 1. The molecule has 1 aromatic rings. The molecule has 0 atom stereocenters. The molecule has 0 radical (unpaired) electrons. The molecule has 1 N–H and O–H groups in total. The Labute approximate surface area is 108 Å². The second kappa shape index (κ2) is 4.98. The van der Waals surface area contributed by atoms with Crippen LogP contribution in [-0.2, 0) is 5.60 Å². The molecule has 1 aliphatic heterocycles. The molecule has 2 nitrogen and oxygen atoms in total. The van der Waals surface area contributed by atoms with E-state index in [-0.39, 0.29) is 5.82 Å². The van der Waals surface area contributed by atoms with Gasteiger partial charge in [0.05, 0.1) is 5.60 Å². The summed E-state index contributed by atoms with van der Waals surface area (Å²) in [6, 6.07) is 5.19. The Morgan fingerprint density at radius 3 is 2.44 bits per heavy atom. The van der Waals surface area contributed by atoms with Crippen LogP contribution in [0.3, 0.4) is 0 Å². The topological polar surface area (TPSA) is 23.5 Å². The van der Waals surface area contributed by atoms with Crippen LogP contribution in [0.4, 0.5) is 4.39 Å². The average Bonchev–Trinajstić information content (AvgIpc) is 2.32. The van der Waals surface area contributed by atoms with Gasteiger partial charge in [0.15, 0.2) is 0 Å². The molecule has 0 unspecified atom stereocenters. The van der Waals surface area contributed by atoms with Crippen LogP contribution in [0.5, 0.6) is 0 Å². The number of hydrogen-bond acceptors (Lipinski definition) is 2. The van der Waals surface area contributed by atoms with Crippen LogP contribution in [0.15, 0.2) is 18.2 Å². The van der Waals surface area contributed by atoms with Crippen molar-refractivity contribution < 1.29 is 9.50 Å². The van der Waals surface area contributed by atoms with E-state index in [1.807, 2.05) is 6.92 Å². The summed E-state index contributed by atoms with van der Waals surface area (Å²) in [6.07, 6.45) is 1.35. The third-order valence-corrected chi connectivity index (χ3v) is 4.06. The van der Waals surface area contributed by atoms with Crippen molar-refractivity contribution in [2.24, 2.45) is 0 Å². The van der Waals surface area contributed by atoms with E-state index in [9.17, 15) is 9.50 Å². The van der Waals surface area contributed by atoms with Crippen molar-refractivity contribution >= 4 is 0 Å². The number of rotatable bonds is 2. The van der Waals surface area contributed by atoms with Crippen LogP contribution in [0.25, 0.3) is 0 Å². The summed E-state index contributed by atoms with van der Waals surface area (Å²) in [7, 11) is 0. The highest BCUT2D eigenvalue weighted by Gasteiger charge is 2.35. The number of hydrogen-bond donors (Lipinski definition) is 1. The zero-order valence-electron chi connectivity index (χ0n) is 11.4. The van der Waals surface area contributed by atoms with E-state index in [1.54, 1.807) is 6.07 Å². The number of likely N-dealkylation sites (tertiary alicyclic amines) is 1. The monoisotopic (exact) mass is 251 g/mol. The standard InChI is InChI=1S/C15H22FNO/c1-11(2)17-8-6-15(18,7-9-17)14-10-13(16)5-4-12(14)3/h4-5,10-11,18H,6-9H2,1-3H3. The van der Waals surface area contributed by atoms with Gasteiger partial charge in [-0.3, -0.25) is 0 Å². The van der Waals surface area contributed by atoms with Gasteiger partial charge >= 0.3 is 0 Å². The zero-order chi connectivity index (χ0) is 13.3. The van der Waals surface area contributed by atoms with E-state index in [0.717, 1.165) is 24.2 Å². The minimum absolute atomic E-state index is 0.268. The summed E-state index contributed by atoms with van der Waals surface area (Å²) >= 11 is 0. The Morgan fingerprint density at radius 2 is 1.89 bits per heavy atom. The van der Waals surface area contributed by atoms with Crippen LogP contribution in [0, 0.1) is 12.7 Å². The van der Waals surface area contributed by atoms with Crippen molar-refractivity contribution in [3.63, 3.8) is 0 Å². The second-order valence-electron chi connectivity index (χ2n) is 5.62. The number of nitrogens with zero attached hydrogens (tertiary/aromatic N) is 1. The molecule has 1 aromatic carbocycles. The van der Waals surface area contributed by atoms with Gasteiger partial charge in [-0.25, -0.2) is 4.39 Å². The lowest BCUT2D eigenvalue weighted by Gasteiger charge is -2.40. The predicted molar refractivity (Wildman–Crippen MR) is 71.0 cm³/mol.